The summed E-state index contributed by atoms with van der Waals surface area (Å²) in [6.45, 7) is 6.07. The molecule has 0 aliphatic rings. The lowest BCUT2D eigenvalue weighted by Gasteiger charge is -2.11. The number of carbonyl (C=O) groups is 2. The van der Waals surface area contributed by atoms with Crippen molar-refractivity contribution in [3.63, 3.8) is 0 Å². The molecule has 26 heavy (non-hydrogen) atoms. The number of carbonyl (C=O) groups excluding carboxylic acids is 2. The summed E-state index contributed by atoms with van der Waals surface area (Å²) >= 11 is 0. The van der Waals surface area contributed by atoms with Gasteiger partial charge in [-0.15, -0.1) is 0 Å². The minimum Gasteiger partial charge on any atom is -0.493 e. The number of esters is 2. The van der Waals surface area contributed by atoms with Crippen LogP contribution in [0.4, 0.5) is 0 Å². The molecule has 0 N–H and O–H groups in total. The molecule has 0 aliphatic heterocycles. The zero-order valence-corrected chi connectivity index (χ0v) is 15.6. The predicted octanol–water partition coefficient (Wildman–Crippen LogP) is 3.55. The van der Waals surface area contributed by atoms with Gasteiger partial charge in [-0.25, -0.2) is 9.59 Å². The number of benzene rings is 1. The first-order valence-electron chi connectivity index (χ1n) is 8.37. The smallest absolute Gasteiger partial charge is 0.333 e. The zero-order chi connectivity index (χ0) is 19.4. The zero-order valence-electron chi connectivity index (χ0n) is 15.6. The Balaban J connectivity index is 2.38. The average Bonchev–Trinajstić information content (AvgIpc) is 2.65. The van der Waals surface area contributed by atoms with Crippen LogP contribution in [-0.4, -0.2) is 39.4 Å². The van der Waals surface area contributed by atoms with Crippen molar-refractivity contribution in [2.24, 2.45) is 0 Å². The molecule has 0 bridgehead atoms. The third kappa shape index (κ3) is 7.88. The highest BCUT2D eigenvalue weighted by Gasteiger charge is 2.06. The summed E-state index contributed by atoms with van der Waals surface area (Å²) in [7, 11) is 2.89. The molecule has 0 saturated carbocycles. The summed E-state index contributed by atoms with van der Waals surface area (Å²) in [5.41, 5.74) is 1.21. The number of rotatable bonds is 11. The second-order valence-electron chi connectivity index (χ2n) is 5.59. The lowest BCUT2D eigenvalue weighted by Crippen LogP contribution is -2.06. The lowest BCUT2D eigenvalue weighted by atomic mass is 10.2. The highest BCUT2D eigenvalue weighted by atomic mass is 16.5. The van der Waals surface area contributed by atoms with E-state index in [1.807, 2.05) is 6.07 Å². The predicted molar refractivity (Wildman–Crippen MR) is 99.2 cm³/mol. The van der Waals surface area contributed by atoms with Crippen LogP contribution in [0.1, 0.15) is 31.7 Å². The molecule has 1 aromatic carbocycles. The maximum atomic E-state index is 11.2. The van der Waals surface area contributed by atoms with E-state index in [-0.39, 0.29) is 5.97 Å². The quantitative estimate of drug-likeness (QED) is 0.341. The first-order valence-corrected chi connectivity index (χ1v) is 8.37. The second-order valence-corrected chi connectivity index (χ2v) is 5.59. The molecule has 1 rings (SSSR count). The van der Waals surface area contributed by atoms with Gasteiger partial charge in [0.15, 0.2) is 11.5 Å². The molecule has 142 valence electrons. The summed E-state index contributed by atoms with van der Waals surface area (Å²) in [5.74, 6) is 0.453. The lowest BCUT2D eigenvalue weighted by molar-refractivity contribution is -0.139. The minimum absolute atomic E-state index is 0.354. The summed E-state index contributed by atoms with van der Waals surface area (Å²) in [5, 5.41) is 0. The highest BCUT2D eigenvalue weighted by Crippen LogP contribution is 2.28. The monoisotopic (exact) mass is 362 g/mol. The first kappa shape index (κ1) is 21.3. The van der Waals surface area contributed by atoms with E-state index in [4.69, 9.17) is 14.2 Å². The van der Waals surface area contributed by atoms with Crippen LogP contribution in [0, 0.1) is 0 Å². The topological polar surface area (TPSA) is 71.1 Å². The summed E-state index contributed by atoms with van der Waals surface area (Å²) < 4.78 is 20.6. The third-order valence-corrected chi connectivity index (χ3v) is 3.43. The fourth-order valence-electron chi connectivity index (χ4n) is 1.99. The Bertz CT molecular complexity index is 648. The molecule has 0 spiro atoms. The largest absolute Gasteiger partial charge is 0.493 e. The van der Waals surface area contributed by atoms with Crippen molar-refractivity contribution in [2.75, 3.05) is 27.4 Å². The third-order valence-electron chi connectivity index (χ3n) is 3.43. The Morgan fingerprint density at radius 2 is 1.81 bits per heavy atom. The van der Waals surface area contributed by atoms with Gasteiger partial charge >= 0.3 is 11.9 Å². The molecule has 1 aromatic rings. The SMILES string of the molecule is C=C(C)C(=O)OCCCCCOc1ccc(/C=C/C(=O)OC)cc1OC. The van der Waals surface area contributed by atoms with Crippen LogP contribution in [0.3, 0.4) is 0 Å². The molecule has 0 fully saturated rings. The maximum absolute atomic E-state index is 11.2. The standard InChI is InChI=1S/C20H26O6/c1-15(2)20(22)26-13-7-5-6-12-25-17-10-8-16(14-18(17)23-3)9-11-19(21)24-4/h8-11,14H,1,5-7,12-13H2,2-4H3/b11-9+. The Labute approximate surface area is 154 Å². The van der Waals surface area contributed by atoms with Gasteiger partial charge in [0.2, 0.25) is 0 Å². The summed E-state index contributed by atoms with van der Waals surface area (Å²) in [6.07, 6.45) is 5.47. The summed E-state index contributed by atoms with van der Waals surface area (Å²) in [4.78, 5) is 22.4. The molecular weight excluding hydrogens is 336 g/mol. The van der Waals surface area contributed by atoms with Crippen LogP contribution in [0.25, 0.3) is 6.08 Å². The van der Waals surface area contributed by atoms with Gasteiger partial charge < -0.3 is 18.9 Å². The van der Waals surface area contributed by atoms with Crippen LogP contribution in [0.5, 0.6) is 11.5 Å². The van der Waals surface area contributed by atoms with Gasteiger partial charge in [0.25, 0.3) is 0 Å². The Morgan fingerprint density at radius 3 is 2.46 bits per heavy atom. The molecule has 0 amide bonds. The maximum Gasteiger partial charge on any atom is 0.333 e. The number of hydrogen-bond donors (Lipinski definition) is 0. The van der Waals surface area contributed by atoms with E-state index in [2.05, 4.69) is 11.3 Å². The summed E-state index contributed by atoms with van der Waals surface area (Å²) in [6, 6.07) is 5.41. The van der Waals surface area contributed by atoms with Crippen LogP contribution in [0.2, 0.25) is 0 Å². The van der Waals surface area contributed by atoms with Crippen molar-refractivity contribution in [1.29, 1.82) is 0 Å². The number of hydrogen-bond acceptors (Lipinski definition) is 6. The molecule has 0 saturated heterocycles. The van der Waals surface area contributed by atoms with Gasteiger partial charge in [0.1, 0.15) is 0 Å². The molecule has 0 radical (unpaired) electrons. The van der Waals surface area contributed by atoms with Crippen molar-refractivity contribution >= 4 is 18.0 Å². The van der Waals surface area contributed by atoms with Crippen molar-refractivity contribution in [1.82, 2.24) is 0 Å². The molecule has 0 aromatic heterocycles. The van der Waals surface area contributed by atoms with Gasteiger partial charge in [0.05, 0.1) is 27.4 Å². The van der Waals surface area contributed by atoms with Crippen molar-refractivity contribution in [2.45, 2.75) is 26.2 Å². The van der Waals surface area contributed by atoms with E-state index in [1.54, 1.807) is 32.2 Å². The molecular formula is C20H26O6. The first-order chi connectivity index (χ1) is 12.5. The van der Waals surface area contributed by atoms with Gasteiger partial charge in [-0.1, -0.05) is 12.6 Å². The Morgan fingerprint density at radius 1 is 1.08 bits per heavy atom. The molecule has 0 atom stereocenters. The molecule has 0 aliphatic carbocycles. The van der Waals surface area contributed by atoms with Crippen LogP contribution in [0.15, 0.2) is 36.4 Å². The van der Waals surface area contributed by atoms with E-state index < -0.39 is 5.97 Å². The van der Waals surface area contributed by atoms with Crippen molar-refractivity contribution < 1.29 is 28.5 Å². The fraction of sp³-hybridized carbons (Fsp3) is 0.400. The number of ether oxygens (including phenoxy) is 4. The van der Waals surface area contributed by atoms with E-state index >= 15 is 0 Å². The molecule has 0 unspecified atom stereocenters. The molecule has 0 heterocycles. The molecule has 6 heteroatoms. The minimum atomic E-state index is -0.418. The number of unbranched alkanes of at least 4 members (excludes halogenated alkanes) is 2. The van der Waals surface area contributed by atoms with Crippen molar-refractivity contribution in [3.8, 4) is 11.5 Å². The average molecular weight is 362 g/mol. The van der Waals surface area contributed by atoms with Crippen LogP contribution < -0.4 is 9.47 Å². The van der Waals surface area contributed by atoms with Crippen molar-refractivity contribution in [3.05, 3.63) is 42.0 Å². The van der Waals surface area contributed by atoms with Gasteiger partial charge in [-0.05, 0) is 50.0 Å². The van der Waals surface area contributed by atoms with E-state index in [1.165, 1.54) is 13.2 Å². The number of methoxy groups -OCH3 is 2. The van der Waals surface area contributed by atoms with E-state index in [9.17, 15) is 9.59 Å². The second kappa shape index (κ2) is 11.7. The van der Waals surface area contributed by atoms with Crippen LogP contribution in [-0.2, 0) is 19.1 Å². The van der Waals surface area contributed by atoms with Gasteiger partial charge in [0, 0.05) is 11.6 Å². The normalized spacial score (nSPS) is 10.4. The Hall–Kier alpha value is -2.76. The fourth-order valence-corrected chi connectivity index (χ4v) is 1.99. The van der Waals surface area contributed by atoms with Gasteiger partial charge in [-0.3, -0.25) is 0 Å². The highest BCUT2D eigenvalue weighted by molar-refractivity contribution is 5.87. The van der Waals surface area contributed by atoms with Gasteiger partial charge in [-0.2, -0.15) is 0 Å². The van der Waals surface area contributed by atoms with E-state index in [0.717, 1.165) is 24.8 Å². The molecule has 6 nitrogen and oxygen atoms in total. The van der Waals surface area contributed by atoms with Crippen LogP contribution >= 0.6 is 0 Å². The Kier molecular flexibility index (Phi) is 9.61. The van der Waals surface area contributed by atoms with E-state index in [0.29, 0.717) is 30.3 Å².